The van der Waals surface area contributed by atoms with Crippen LogP contribution in [0.3, 0.4) is 0 Å². The maximum absolute atomic E-state index is 11.3. The Morgan fingerprint density at radius 3 is 2.74 bits per heavy atom. The lowest BCUT2D eigenvalue weighted by molar-refractivity contribution is -0.139. The van der Waals surface area contributed by atoms with Gasteiger partial charge in [0.05, 0.1) is 13.5 Å². The van der Waals surface area contributed by atoms with Gasteiger partial charge >= 0.3 is 5.97 Å². The van der Waals surface area contributed by atoms with E-state index < -0.39 is 0 Å². The van der Waals surface area contributed by atoms with Gasteiger partial charge in [-0.1, -0.05) is 37.1 Å². The first-order chi connectivity index (χ1) is 9.29. The minimum absolute atomic E-state index is 0.179. The van der Waals surface area contributed by atoms with Crippen LogP contribution in [0.15, 0.2) is 24.3 Å². The molecule has 0 aliphatic heterocycles. The Morgan fingerprint density at radius 1 is 1.32 bits per heavy atom. The van der Waals surface area contributed by atoms with Gasteiger partial charge in [-0.15, -0.1) is 0 Å². The molecule has 2 rings (SSSR count). The van der Waals surface area contributed by atoms with Crippen molar-refractivity contribution in [3.63, 3.8) is 0 Å². The van der Waals surface area contributed by atoms with Crippen molar-refractivity contribution in [1.82, 2.24) is 5.32 Å². The van der Waals surface area contributed by atoms with Crippen LogP contribution in [0, 0.1) is 5.92 Å². The molecule has 1 aliphatic carbocycles. The maximum Gasteiger partial charge on any atom is 0.309 e. The monoisotopic (exact) mass is 261 g/mol. The summed E-state index contributed by atoms with van der Waals surface area (Å²) in [4.78, 5) is 11.3. The molecule has 0 spiro atoms. The molecule has 0 unspecified atom stereocenters. The third-order valence-electron chi connectivity index (χ3n) is 3.66. The Bertz CT molecular complexity index is 413. The molecule has 1 aromatic rings. The van der Waals surface area contributed by atoms with Crippen molar-refractivity contribution >= 4 is 5.97 Å². The van der Waals surface area contributed by atoms with E-state index in [-0.39, 0.29) is 5.97 Å². The maximum atomic E-state index is 11.3. The number of esters is 1. The summed E-state index contributed by atoms with van der Waals surface area (Å²) in [6.07, 6.45) is 5.83. The molecule has 3 nitrogen and oxygen atoms in total. The third kappa shape index (κ3) is 5.03. The highest BCUT2D eigenvalue weighted by Gasteiger charge is 2.19. The number of nitrogens with one attached hydrogen (secondary N) is 1. The first-order valence-electron chi connectivity index (χ1n) is 7.14. The summed E-state index contributed by atoms with van der Waals surface area (Å²) in [7, 11) is 1.43. The summed E-state index contributed by atoms with van der Waals surface area (Å²) >= 11 is 0. The van der Waals surface area contributed by atoms with Gasteiger partial charge in [0.1, 0.15) is 0 Å². The van der Waals surface area contributed by atoms with E-state index in [1.807, 2.05) is 18.2 Å². The summed E-state index contributed by atoms with van der Waals surface area (Å²) in [5, 5.41) is 3.46. The van der Waals surface area contributed by atoms with Crippen molar-refractivity contribution in [2.24, 2.45) is 5.92 Å². The number of rotatable bonds is 8. The van der Waals surface area contributed by atoms with Gasteiger partial charge in [0.15, 0.2) is 0 Å². The molecule has 0 bridgehead atoms. The van der Waals surface area contributed by atoms with Gasteiger partial charge < -0.3 is 10.1 Å². The molecule has 0 radical (unpaired) electrons. The zero-order chi connectivity index (χ0) is 13.5. The average Bonchev–Trinajstić information content (AvgIpc) is 3.24. The molecule has 1 aliphatic rings. The van der Waals surface area contributed by atoms with Crippen molar-refractivity contribution in [3.8, 4) is 0 Å². The Balaban J connectivity index is 1.75. The second-order valence-corrected chi connectivity index (χ2v) is 5.28. The molecule has 0 atom stereocenters. The Hall–Kier alpha value is -1.35. The van der Waals surface area contributed by atoms with Crippen molar-refractivity contribution < 1.29 is 9.53 Å². The van der Waals surface area contributed by atoms with Crippen LogP contribution in [-0.2, 0) is 22.5 Å². The molecule has 0 heterocycles. The quantitative estimate of drug-likeness (QED) is 0.577. The van der Waals surface area contributed by atoms with E-state index in [0.29, 0.717) is 6.42 Å². The molecule has 1 fully saturated rings. The van der Waals surface area contributed by atoms with Crippen LogP contribution in [-0.4, -0.2) is 19.6 Å². The number of methoxy groups -OCH3 is 1. The molecule has 0 saturated heterocycles. The molecule has 0 amide bonds. The minimum atomic E-state index is -0.179. The number of benzene rings is 1. The Morgan fingerprint density at radius 2 is 2.05 bits per heavy atom. The van der Waals surface area contributed by atoms with E-state index in [1.165, 1.54) is 38.4 Å². The SMILES string of the molecule is COC(=O)Cc1ccccc1CNCCCC1CC1. The lowest BCUT2D eigenvalue weighted by atomic mass is 10.0. The fourth-order valence-corrected chi connectivity index (χ4v) is 2.28. The molecule has 1 N–H and O–H groups in total. The van der Waals surface area contributed by atoms with Crippen molar-refractivity contribution in [3.05, 3.63) is 35.4 Å². The van der Waals surface area contributed by atoms with Gasteiger partial charge in [-0.25, -0.2) is 0 Å². The summed E-state index contributed by atoms with van der Waals surface area (Å²) in [6, 6.07) is 8.06. The smallest absolute Gasteiger partial charge is 0.309 e. The van der Waals surface area contributed by atoms with Crippen molar-refractivity contribution in [2.75, 3.05) is 13.7 Å². The third-order valence-corrected chi connectivity index (χ3v) is 3.66. The lowest BCUT2D eigenvalue weighted by Gasteiger charge is -2.09. The highest BCUT2D eigenvalue weighted by atomic mass is 16.5. The Labute approximate surface area is 115 Å². The van der Waals surface area contributed by atoms with Crippen molar-refractivity contribution in [1.29, 1.82) is 0 Å². The predicted molar refractivity (Wildman–Crippen MR) is 75.8 cm³/mol. The Kier molecular flexibility index (Phi) is 5.40. The molecule has 1 saturated carbocycles. The van der Waals surface area contributed by atoms with Crippen LogP contribution in [0.5, 0.6) is 0 Å². The predicted octanol–water partition coefficient (Wildman–Crippen LogP) is 2.68. The fourth-order valence-electron chi connectivity index (χ4n) is 2.28. The lowest BCUT2D eigenvalue weighted by Crippen LogP contribution is -2.17. The highest BCUT2D eigenvalue weighted by molar-refractivity contribution is 5.72. The van der Waals surface area contributed by atoms with Crippen LogP contribution in [0.4, 0.5) is 0 Å². The number of hydrogen-bond acceptors (Lipinski definition) is 3. The van der Waals surface area contributed by atoms with Crippen LogP contribution in [0.25, 0.3) is 0 Å². The van der Waals surface area contributed by atoms with E-state index in [0.717, 1.165) is 24.6 Å². The van der Waals surface area contributed by atoms with Gasteiger partial charge in [-0.3, -0.25) is 4.79 Å². The van der Waals surface area contributed by atoms with Crippen molar-refractivity contribution in [2.45, 2.75) is 38.6 Å². The second kappa shape index (κ2) is 7.29. The average molecular weight is 261 g/mol. The van der Waals surface area contributed by atoms with E-state index in [9.17, 15) is 4.79 Å². The van der Waals surface area contributed by atoms with Gasteiger partial charge in [-0.05, 0) is 36.4 Å². The zero-order valence-electron chi connectivity index (χ0n) is 11.7. The van der Waals surface area contributed by atoms with Crippen LogP contribution >= 0.6 is 0 Å². The summed E-state index contributed by atoms with van der Waals surface area (Å²) in [6.45, 7) is 1.89. The summed E-state index contributed by atoms with van der Waals surface area (Å²) in [5.41, 5.74) is 2.25. The van der Waals surface area contributed by atoms with Gasteiger partial charge in [-0.2, -0.15) is 0 Å². The number of carbonyl (C=O) groups excluding carboxylic acids is 1. The molecule has 3 heteroatoms. The molecular formula is C16H23NO2. The molecule has 104 valence electrons. The summed E-state index contributed by atoms with van der Waals surface area (Å²) in [5.74, 6) is 0.828. The highest BCUT2D eigenvalue weighted by Crippen LogP contribution is 2.33. The van der Waals surface area contributed by atoms with Crippen LogP contribution in [0.2, 0.25) is 0 Å². The number of ether oxygens (including phenoxy) is 1. The normalized spacial score (nSPS) is 14.4. The van der Waals surface area contributed by atoms with Gasteiger partial charge in [0, 0.05) is 6.54 Å². The first-order valence-corrected chi connectivity index (χ1v) is 7.14. The summed E-state index contributed by atoms with van der Waals surface area (Å²) < 4.78 is 4.73. The minimum Gasteiger partial charge on any atom is -0.469 e. The van der Waals surface area contributed by atoms with Gasteiger partial charge in [0.2, 0.25) is 0 Å². The standard InChI is InChI=1S/C16H23NO2/c1-19-16(18)11-14-6-2-3-7-15(14)12-17-10-4-5-13-8-9-13/h2-3,6-7,13,17H,4-5,8-12H2,1H3. The number of hydrogen-bond donors (Lipinski definition) is 1. The van der Waals surface area contributed by atoms with E-state index in [4.69, 9.17) is 4.74 Å². The van der Waals surface area contributed by atoms with E-state index in [1.54, 1.807) is 0 Å². The van der Waals surface area contributed by atoms with Gasteiger partial charge in [0.25, 0.3) is 0 Å². The van der Waals surface area contributed by atoms with Crippen LogP contribution < -0.4 is 5.32 Å². The number of carbonyl (C=O) groups is 1. The van der Waals surface area contributed by atoms with Crippen LogP contribution in [0.1, 0.15) is 36.8 Å². The van der Waals surface area contributed by atoms with E-state index >= 15 is 0 Å². The fraction of sp³-hybridized carbons (Fsp3) is 0.562. The molecule has 19 heavy (non-hydrogen) atoms. The van der Waals surface area contributed by atoms with E-state index in [2.05, 4.69) is 11.4 Å². The molecule has 0 aromatic heterocycles. The zero-order valence-corrected chi connectivity index (χ0v) is 11.7. The molecular weight excluding hydrogens is 238 g/mol. The first kappa shape index (κ1) is 14.1. The topological polar surface area (TPSA) is 38.3 Å². The second-order valence-electron chi connectivity index (χ2n) is 5.28. The largest absolute Gasteiger partial charge is 0.469 e. The molecule has 1 aromatic carbocycles.